The van der Waals surface area contributed by atoms with E-state index in [1.54, 1.807) is 19.2 Å². The van der Waals surface area contributed by atoms with Crippen LogP contribution in [0, 0.1) is 5.82 Å². The van der Waals surface area contributed by atoms with Gasteiger partial charge in [0.1, 0.15) is 24.2 Å². The van der Waals surface area contributed by atoms with Gasteiger partial charge in [-0.3, -0.25) is 9.69 Å². The van der Waals surface area contributed by atoms with Gasteiger partial charge in [-0.15, -0.1) is 0 Å². The predicted molar refractivity (Wildman–Crippen MR) is 91.9 cm³/mol. The van der Waals surface area contributed by atoms with Gasteiger partial charge in [0.15, 0.2) is 0 Å². The fourth-order valence-corrected chi connectivity index (χ4v) is 2.78. The van der Waals surface area contributed by atoms with Crippen molar-refractivity contribution in [3.8, 4) is 5.75 Å². The summed E-state index contributed by atoms with van der Waals surface area (Å²) in [5, 5.41) is 2.81. The molecule has 2 amide bonds. The number of benzene rings is 2. The summed E-state index contributed by atoms with van der Waals surface area (Å²) < 4.78 is 23.3. The molecule has 0 radical (unpaired) electrons. The first-order valence-electron chi connectivity index (χ1n) is 8.16. The van der Waals surface area contributed by atoms with Crippen molar-refractivity contribution in [2.45, 2.75) is 19.1 Å². The molecule has 1 heterocycles. The van der Waals surface area contributed by atoms with Crippen LogP contribution in [0.2, 0.25) is 0 Å². The molecule has 1 aliphatic rings. The van der Waals surface area contributed by atoms with Gasteiger partial charge >= 0.3 is 6.09 Å². The summed E-state index contributed by atoms with van der Waals surface area (Å²) in [5.41, 5.74) is 1.55. The highest BCUT2D eigenvalue weighted by Crippen LogP contribution is 2.19. The zero-order valence-corrected chi connectivity index (χ0v) is 14.3. The lowest BCUT2D eigenvalue weighted by atomic mass is 10.1. The molecule has 6 nitrogen and oxygen atoms in total. The number of cyclic esters (lactones) is 1. The van der Waals surface area contributed by atoms with E-state index in [1.807, 2.05) is 24.3 Å². The number of carbonyl (C=O) groups is 2. The molecular formula is C19H19FN2O4. The smallest absolute Gasteiger partial charge is 0.410 e. The summed E-state index contributed by atoms with van der Waals surface area (Å²) in [5.74, 6) is 0.00225. The van der Waals surface area contributed by atoms with Crippen LogP contribution in [0.15, 0.2) is 48.5 Å². The lowest BCUT2D eigenvalue weighted by molar-refractivity contribution is -0.125. The number of amides is 2. The number of methoxy groups -OCH3 is 1. The normalized spacial score (nSPS) is 16.3. The van der Waals surface area contributed by atoms with E-state index in [4.69, 9.17) is 9.47 Å². The highest BCUT2D eigenvalue weighted by atomic mass is 19.1. The molecule has 1 saturated heterocycles. The van der Waals surface area contributed by atoms with Crippen LogP contribution < -0.4 is 10.1 Å². The first-order chi connectivity index (χ1) is 12.6. The zero-order chi connectivity index (χ0) is 18.5. The molecule has 7 heteroatoms. The van der Waals surface area contributed by atoms with Crippen molar-refractivity contribution < 1.29 is 23.5 Å². The summed E-state index contributed by atoms with van der Waals surface area (Å²) in [7, 11) is 1.56. The molecular weight excluding hydrogens is 339 g/mol. The summed E-state index contributed by atoms with van der Waals surface area (Å²) in [6.45, 7) is 0.432. The van der Waals surface area contributed by atoms with E-state index in [0.29, 0.717) is 11.3 Å². The molecule has 2 aromatic carbocycles. The topological polar surface area (TPSA) is 67.9 Å². The fraction of sp³-hybridized carbons (Fsp3) is 0.263. The van der Waals surface area contributed by atoms with Crippen LogP contribution in [0.1, 0.15) is 11.1 Å². The minimum Gasteiger partial charge on any atom is -0.496 e. The molecule has 1 fully saturated rings. The monoisotopic (exact) mass is 358 g/mol. The van der Waals surface area contributed by atoms with E-state index in [-0.39, 0.29) is 31.4 Å². The third-order valence-electron chi connectivity index (χ3n) is 4.19. The molecule has 0 unspecified atom stereocenters. The second kappa shape index (κ2) is 7.86. The Balaban J connectivity index is 1.65. The van der Waals surface area contributed by atoms with Crippen molar-refractivity contribution in [1.82, 2.24) is 10.2 Å². The average Bonchev–Trinajstić information content (AvgIpc) is 3.02. The molecule has 0 spiro atoms. The molecule has 0 aromatic heterocycles. The van der Waals surface area contributed by atoms with Crippen molar-refractivity contribution in [3.63, 3.8) is 0 Å². The van der Waals surface area contributed by atoms with E-state index in [2.05, 4.69) is 5.32 Å². The second-order valence-electron chi connectivity index (χ2n) is 5.88. The maximum Gasteiger partial charge on any atom is 0.410 e. The number of nitrogens with one attached hydrogen (secondary N) is 1. The Morgan fingerprint density at radius 2 is 2.00 bits per heavy atom. The van der Waals surface area contributed by atoms with Gasteiger partial charge in [-0.05, 0) is 23.8 Å². The molecule has 1 aliphatic heterocycles. The Morgan fingerprint density at radius 3 is 2.73 bits per heavy atom. The van der Waals surface area contributed by atoms with Crippen molar-refractivity contribution >= 4 is 12.0 Å². The molecule has 2 aromatic rings. The van der Waals surface area contributed by atoms with Gasteiger partial charge < -0.3 is 14.8 Å². The molecule has 0 bridgehead atoms. The quantitative estimate of drug-likeness (QED) is 0.861. The first kappa shape index (κ1) is 17.7. The molecule has 1 N–H and O–H groups in total. The van der Waals surface area contributed by atoms with Crippen molar-refractivity contribution in [2.24, 2.45) is 0 Å². The van der Waals surface area contributed by atoms with Crippen molar-refractivity contribution in [3.05, 3.63) is 65.5 Å². The number of rotatable bonds is 6. The highest BCUT2D eigenvalue weighted by molar-refractivity contribution is 5.87. The Bertz CT molecular complexity index is 794. The van der Waals surface area contributed by atoms with E-state index in [0.717, 1.165) is 5.56 Å². The number of hydrogen-bond acceptors (Lipinski definition) is 4. The van der Waals surface area contributed by atoms with Crippen molar-refractivity contribution in [2.75, 3.05) is 13.7 Å². The van der Waals surface area contributed by atoms with Gasteiger partial charge in [-0.2, -0.15) is 0 Å². The van der Waals surface area contributed by atoms with Gasteiger partial charge in [-0.1, -0.05) is 30.3 Å². The van der Waals surface area contributed by atoms with Gasteiger partial charge in [0.05, 0.1) is 13.7 Å². The van der Waals surface area contributed by atoms with Crippen LogP contribution in [0.5, 0.6) is 5.75 Å². The predicted octanol–water partition coefficient (Wildman–Crippen LogP) is 2.47. The van der Waals surface area contributed by atoms with E-state index >= 15 is 0 Å². The lowest BCUT2D eigenvalue weighted by Crippen LogP contribution is -2.45. The van der Waals surface area contributed by atoms with Crippen LogP contribution >= 0.6 is 0 Å². The van der Waals surface area contributed by atoms with Crippen LogP contribution in [0.3, 0.4) is 0 Å². The van der Waals surface area contributed by atoms with E-state index < -0.39 is 12.1 Å². The van der Waals surface area contributed by atoms with Crippen LogP contribution in [0.25, 0.3) is 0 Å². The Labute approximate surface area is 150 Å². The largest absolute Gasteiger partial charge is 0.496 e. The highest BCUT2D eigenvalue weighted by Gasteiger charge is 2.37. The minimum atomic E-state index is -0.734. The Morgan fingerprint density at radius 1 is 1.27 bits per heavy atom. The van der Waals surface area contributed by atoms with Crippen molar-refractivity contribution in [1.29, 1.82) is 0 Å². The number of halogens is 1. The lowest BCUT2D eigenvalue weighted by Gasteiger charge is -2.21. The first-order valence-corrected chi connectivity index (χ1v) is 8.16. The van der Waals surface area contributed by atoms with Gasteiger partial charge in [-0.25, -0.2) is 9.18 Å². The number of nitrogens with zero attached hydrogens (tertiary/aromatic N) is 1. The van der Waals surface area contributed by atoms with E-state index in [1.165, 1.54) is 17.0 Å². The SMILES string of the molecule is COc1ccccc1CNC(=O)[C@@H]1COC(=O)N1Cc1ccc(F)cc1. The summed E-state index contributed by atoms with van der Waals surface area (Å²) in [6, 6.07) is 12.4. The standard InChI is InChI=1S/C19H19FN2O4/c1-25-17-5-3-2-4-14(17)10-21-18(23)16-12-26-19(24)22(16)11-13-6-8-15(20)9-7-13/h2-9,16H,10-12H2,1H3,(H,21,23)/t16-/m0/s1. The molecule has 136 valence electrons. The summed E-state index contributed by atoms with van der Waals surface area (Å²) >= 11 is 0. The van der Waals surface area contributed by atoms with E-state index in [9.17, 15) is 14.0 Å². The third kappa shape index (κ3) is 3.93. The maximum atomic E-state index is 13.0. The Hall–Kier alpha value is -3.09. The molecule has 1 atom stereocenters. The second-order valence-corrected chi connectivity index (χ2v) is 5.88. The zero-order valence-electron chi connectivity index (χ0n) is 14.3. The number of ether oxygens (including phenoxy) is 2. The third-order valence-corrected chi connectivity index (χ3v) is 4.19. The fourth-order valence-electron chi connectivity index (χ4n) is 2.78. The summed E-state index contributed by atoms with van der Waals surface area (Å²) in [4.78, 5) is 25.8. The molecule has 0 aliphatic carbocycles. The van der Waals surface area contributed by atoms with Gasteiger partial charge in [0, 0.05) is 12.1 Å². The number of hydrogen-bond donors (Lipinski definition) is 1. The molecule has 0 saturated carbocycles. The average molecular weight is 358 g/mol. The van der Waals surface area contributed by atoms with Crippen LogP contribution in [0.4, 0.5) is 9.18 Å². The Kier molecular flexibility index (Phi) is 5.36. The van der Waals surface area contributed by atoms with Gasteiger partial charge in [0.25, 0.3) is 0 Å². The van der Waals surface area contributed by atoms with Crippen LogP contribution in [-0.2, 0) is 22.6 Å². The summed E-state index contributed by atoms with van der Waals surface area (Å²) in [6.07, 6.45) is -0.563. The number of carbonyl (C=O) groups excluding carboxylic acids is 2. The number of para-hydroxylation sites is 1. The molecule has 3 rings (SSSR count). The maximum absolute atomic E-state index is 13.0. The van der Waals surface area contributed by atoms with Gasteiger partial charge in [0.2, 0.25) is 5.91 Å². The van der Waals surface area contributed by atoms with Crippen LogP contribution in [-0.4, -0.2) is 36.7 Å². The molecule has 26 heavy (non-hydrogen) atoms. The minimum absolute atomic E-state index is 0.0161.